The van der Waals surface area contributed by atoms with E-state index < -0.39 is 0 Å². The summed E-state index contributed by atoms with van der Waals surface area (Å²) < 4.78 is 1.90. The summed E-state index contributed by atoms with van der Waals surface area (Å²) in [5.74, 6) is 1.55. The number of imidazole rings is 2. The summed E-state index contributed by atoms with van der Waals surface area (Å²) in [6, 6.07) is 15.9. The van der Waals surface area contributed by atoms with Crippen LogP contribution in [0.1, 0.15) is 18.7 Å². The Morgan fingerprint density at radius 2 is 2.03 bits per heavy atom. The first kappa shape index (κ1) is 19.5. The largest absolute Gasteiger partial charge is 0.342 e. The zero-order valence-electron chi connectivity index (χ0n) is 17.4. The van der Waals surface area contributed by atoms with Crippen LogP contribution in [0.4, 0.5) is 5.69 Å². The molecule has 0 bridgehead atoms. The van der Waals surface area contributed by atoms with Crippen LogP contribution in [0.15, 0.2) is 67.3 Å². The summed E-state index contributed by atoms with van der Waals surface area (Å²) in [5, 5.41) is 3.08. The van der Waals surface area contributed by atoms with Gasteiger partial charge in [0.1, 0.15) is 5.82 Å². The molecule has 5 rings (SSSR count). The first-order valence-electron chi connectivity index (χ1n) is 10.8. The number of nitrogens with one attached hydrogen (secondary N) is 2. The normalized spacial score (nSPS) is 17.1. The van der Waals surface area contributed by atoms with E-state index in [0.29, 0.717) is 12.5 Å². The van der Waals surface area contributed by atoms with Crippen LogP contribution in [-0.2, 0) is 11.2 Å². The Bertz CT molecular complexity index is 1130. The molecule has 2 aromatic heterocycles. The minimum absolute atomic E-state index is 0.0111. The van der Waals surface area contributed by atoms with Gasteiger partial charge in [-0.3, -0.25) is 9.69 Å². The van der Waals surface area contributed by atoms with E-state index in [1.165, 1.54) is 6.42 Å². The van der Waals surface area contributed by atoms with Crippen LogP contribution in [-0.4, -0.2) is 50.0 Å². The van der Waals surface area contributed by atoms with Gasteiger partial charge in [0, 0.05) is 25.4 Å². The Labute approximate surface area is 181 Å². The Hall–Kier alpha value is -3.45. The monoisotopic (exact) mass is 414 g/mol. The fraction of sp³-hybridized carbons (Fsp3) is 0.292. The maximum atomic E-state index is 12.8. The quantitative estimate of drug-likeness (QED) is 0.505. The van der Waals surface area contributed by atoms with Crippen LogP contribution in [0, 0.1) is 5.92 Å². The average molecular weight is 415 g/mol. The topological polar surface area (TPSA) is 78.8 Å². The van der Waals surface area contributed by atoms with Crippen molar-refractivity contribution in [1.29, 1.82) is 0 Å². The predicted molar refractivity (Wildman–Crippen MR) is 121 cm³/mol. The summed E-state index contributed by atoms with van der Waals surface area (Å²) in [6.07, 6.45) is 8.52. The van der Waals surface area contributed by atoms with Gasteiger partial charge in [-0.25, -0.2) is 9.97 Å². The number of carbonyl (C=O) groups excluding carboxylic acids is 1. The van der Waals surface area contributed by atoms with E-state index in [-0.39, 0.29) is 5.91 Å². The lowest BCUT2D eigenvalue weighted by Crippen LogP contribution is -2.41. The van der Waals surface area contributed by atoms with Crippen LogP contribution >= 0.6 is 0 Å². The highest BCUT2D eigenvalue weighted by Crippen LogP contribution is 2.22. The number of carbonyl (C=O) groups is 1. The number of hydrogen-bond donors (Lipinski definition) is 2. The van der Waals surface area contributed by atoms with E-state index in [0.717, 1.165) is 54.2 Å². The highest BCUT2D eigenvalue weighted by atomic mass is 16.2. The van der Waals surface area contributed by atoms with Gasteiger partial charge in [-0.2, -0.15) is 0 Å². The number of nitrogens with zero attached hydrogens (tertiary/aromatic N) is 4. The summed E-state index contributed by atoms with van der Waals surface area (Å²) in [4.78, 5) is 27.3. The molecule has 158 valence electrons. The molecule has 7 heteroatoms. The van der Waals surface area contributed by atoms with E-state index in [1.807, 2.05) is 53.2 Å². The Balaban J connectivity index is 1.20. The fourth-order valence-corrected chi connectivity index (χ4v) is 4.44. The summed E-state index contributed by atoms with van der Waals surface area (Å²) in [7, 11) is 0. The average Bonchev–Trinajstić information content (AvgIpc) is 3.44. The number of H-pyrrole nitrogens is 1. The van der Waals surface area contributed by atoms with Gasteiger partial charge in [-0.1, -0.05) is 24.3 Å². The number of fused-ring (bicyclic) bond motifs is 1. The molecule has 0 radical (unpaired) electrons. The highest BCUT2D eigenvalue weighted by Gasteiger charge is 2.23. The van der Waals surface area contributed by atoms with Gasteiger partial charge in [0.25, 0.3) is 0 Å². The maximum Gasteiger partial charge on any atom is 0.238 e. The number of piperidine rings is 1. The Morgan fingerprint density at radius 3 is 2.90 bits per heavy atom. The number of aromatic amines is 1. The number of amides is 1. The third kappa shape index (κ3) is 4.51. The predicted octanol–water partition coefficient (Wildman–Crippen LogP) is 3.64. The van der Waals surface area contributed by atoms with E-state index in [1.54, 1.807) is 12.5 Å². The fourth-order valence-electron chi connectivity index (χ4n) is 4.44. The van der Waals surface area contributed by atoms with E-state index in [9.17, 15) is 4.79 Å². The molecule has 0 unspecified atom stereocenters. The Morgan fingerprint density at radius 1 is 1.16 bits per heavy atom. The van der Waals surface area contributed by atoms with Crippen molar-refractivity contribution in [2.75, 3.05) is 25.0 Å². The van der Waals surface area contributed by atoms with Crippen molar-refractivity contribution >= 4 is 22.6 Å². The second-order valence-corrected chi connectivity index (χ2v) is 8.18. The lowest BCUT2D eigenvalue weighted by molar-refractivity contribution is -0.117. The molecular weight excluding hydrogens is 388 g/mol. The third-order valence-electron chi connectivity index (χ3n) is 5.85. The molecule has 3 heterocycles. The second-order valence-electron chi connectivity index (χ2n) is 8.18. The summed E-state index contributed by atoms with van der Waals surface area (Å²) >= 11 is 0. The number of anilines is 1. The van der Waals surface area contributed by atoms with Crippen LogP contribution in [0.2, 0.25) is 0 Å². The zero-order chi connectivity index (χ0) is 21.0. The van der Waals surface area contributed by atoms with Gasteiger partial charge in [0.15, 0.2) is 0 Å². The SMILES string of the molecule is O=C(CN1CCC[C@@H](Cc2nc3ccccc3[nH]2)C1)Nc1ccccc1-n1ccnc1. The number of benzene rings is 2. The standard InChI is InChI=1S/C24H26N6O/c31-24(28-21-9-3-4-10-22(21)30-13-11-25-17-30)16-29-12-5-6-18(15-29)14-23-26-19-7-1-2-8-20(19)27-23/h1-4,7-11,13,17-18H,5-6,12,14-16H2,(H,26,27)(H,28,31)/t18-/m0/s1. The summed E-state index contributed by atoms with van der Waals surface area (Å²) in [5.41, 5.74) is 3.80. The molecular formula is C24H26N6O. The molecule has 2 N–H and O–H groups in total. The number of hydrogen-bond acceptors (Lipinski definition) is 4. The number of rotatable bonds is 6. The molecule has 1 aliphatic heterocycles. The minimum atomic E-state index is 0.0111. The van der Waals surface area contributed by atoms with Crippen molar-refractivity contribution in [2.45, 2.75) is 19.3 Å². The number of para-hydroxylation sites is 4. The van der Waals surface area contributed by atoms with Crippen molar-refractivity contribution < 1.29 is 4.79 Å². The summed E-state index contributed by atoms with van der Waals surface area (Å²) in [6.45, 7) is 2.26. The van der Waals surface area contributed by atoms with Crippen LogP contribution < -0.4 is 5.32 Å². The van der Waals surface area contributed by atoms with Crippen LogP contribution in [0.3, 0.4) is 0 Å². The van der Waals surface area contributed by atoms with Gasteiger partial charge in [-0.05, 0) is 49.6 Å². The molecule has 1 aliphatic rings. The second kappa shape index (κ2) is 8.73. The molecule has 2 aromatic carbocycles. The van der Waals surface area contributed by atoms with Gasteiger partial charge in [0.05, 0.1) is 35.3 Å². The van der Waals surface area contributed by atoms with Gasteiger partial charge >= 0.3 is 0 Å². The maximum absolute atomic E-state index is 12.8. The first-order chi connectivity index (χ1) is 15.2. The van der Waals surface area contributed by atoms with Gasteiger partial charge in [0.2, 0.25) is 5.91 Å². The van der Waals surface area contributed by atoms with Crippen LogP contribution in [0.5, 0.6) is 0 Å². The third-order valence-corrected chi connectivity index (χ3v) is 5.85. The van der Waals surface area contributed by atoms with Crippen molar-refractivity contribution in [3.63, 3.8) is 0 Å². The van der Waals surface area contributed by atoms with Crippen molar-refractivity contribution in [3.8, 4) is 5.69 Å². The molecule has 1 amide bonds. The van der Waals surface area contributed by atoms with Crippen molar-refractivity contribution in [3.05, 3.63) is 73.1 Å². The molecule has 1 fully saturated rings. The molecule has 1 saturated heterocycles. The first-order valence-corrected chi connectivity index (χ1v) is 10.8. The zero-order valence-corrected chi connectivity index (χ0v) is 17.4. The van der Waals surface area contributed by atoms with Crippen molar-refractivity contribution in [2.24, 2.45) is 5.92 Å². The molecule has 0 spiro atoms. The Kier molecular flexibility index (Phi) is 5.50. The molecule has 0 saturated carbocycles. The van der Waals surface area contributed by atoms with E-state index >= 15 is 0 Å². The smallest absolute Gasteiger partial charge is 0.238 e. The molecule has 1 atom stereocenters. The number of aromatic nitrogens is 4. The lowest BCUT2D eigenvalue weighted by Gasteiger charge is -2.31. The molecule has 4 aromatic rings. The van der Waals surface area contributed by atoms with Gasteiger partial charge < -0.3 is 14.9 Å². The lowest BCUT2D eigenvalue weighted by atomic mass is 9.94. The highest BCUT2D eigenvalue weighted by molar-refractivity contribution is 5.94. The van der Waals surface area contributed by atoms with E-state index in [4.69, 9.17) is 4.98 Å². The minimum Gasteiger partial charge on any atom is -0.342 e. The van der Waals surface area contributed by atoms with Gasteiger partial charge in [-0.15, -0.1) is 0 Å². The molecule has 7 nitrogen and oxygen atoms in total. The molecule has 31 heavy (non-hydrogen) atoms. The molecule has 0 aliphatic carbocycles. The number of likely N-dealkylation sites (tertiary alicyclic amines) is 1. The van der Waals surface area contributed by atoms with Crippen molar-refractivity contribution in [1.82, 2.24) is 24.4 Å². The van der Waals surface area contributed by atoms with Crippen LogP contribution in [0.25, 0.3) is 16.7 Å². The van der Waals surface area contributed by atoms with E-state index in [2.05, 4.69) is 26.3 Å².